The molecule has 174 valence electrons. The number of amides is 2. The Hall–Kier alpha value is -3.56. The molecule has 0 unspecified atom stereocenters. The molecule has 7 nitrogen and oxygen atoms in total. The zero-order chi connectivity index (χ0) is 24.5. The van der Waals surface area contributed by atoms with Crippen LogP contribution < -0.4 is 4.90 Å². The highest BCUT2D eigenvalue weighted by atomic mass is 79.9. The number of fused-ring (bicyclic) bond motifs is 1. The summed E-state index contributed by atoms with van der Waals surface area (Å²) < 4.78 is 2.86. The number of rotatable bonds is 7. The Morgan fingerprint density at radius 2 is 1.51 bits per heavy atom. The molecule has 2 amide bonds. The fraction of sp³-hybridized carbons (Fsp3) is 0.115. The fourth-order valence-electron chi connectivity index (χ4n) is 3.93. The van der Waals surface area contributed by atoms with Gasteiger partial charge in [-0.15, -0.1) is 10.2 Å². The van der Waals surface area contributed by atoms with Crippen LogP contribution in [-0.4, -0.2) is 38.1 Å². The number of anilines is 1. The van der Waals surface area contributed by atoms with Gasteiger partial charge in [0.1, 0.15) is 0 Å². The number of thioether (sulfide) groups is 1. The Bertz CT molecular complexity index is 1410. The van der Waals surface area contributed by atoms with Crippen LogP contribution in [0.2, 0.25) is 0 Å². The molecule has 0 spiro atoms. The zero-order valence-corrected chi connectivity index (χ0v) is 21.0. The molecule has 0 fully saturated rings. The van der Waals surface area contributed by atoms with Crippen LogP contribution in [0.4, 0.5) is 5.69 Å². The van der Waals surface area contributed by atoms with E-state index in [1.165, 1.54) is 16.7 Å². The van der Waals surface area contributed by atoms with E-state index < -0.39 is 0 Å². The maximum Gasteiger partial charge on any atom is 0.266 e. The van der Waals surface area contributed by atoms with Crippen LogP contribution in [0.3, 0.4) is 0 Å². The highest BCUT2D eigenvalue weighted by Gasteiger charge is 2.36. The highest BCUT2D eigenvalue weighted by Crippen LogP contribution is 2.31. The molecule has 0 aliphatic carbocycles. The Labute approximate surface area is 214 Å². The first-order valence-electron chi connectivity index (χ1n) is 10.9. The second-order valence-corrected chi connectivity index (χ2v) is 9.67. The van der Waals surface area contributed by atoms with Crippen molar-refractivity contribution in [2.45, 2.75) is 18.6 Å². The lowest BCUT2D eigenvalue weighted by Gasteiger charge is -2.14. The third kappa shape index (κ3) is 4.33. The van der Waals surface area contributed by atoms with E-state index in [4.69, 9.17) is 0 Å². The maximum atomic E-state index is 12.8. The molecule has 2 heterocycles. The van der Waals surface area contributed by atoms with E-state index in [1.54, 1.807) is 48.5 Å². The SMILES string of the molecule is CCn1c(SCC(=O)c2ccc(Br)cc2)nnc1-c1ccc(N2C(=O)c3ccccc3C2=O)cc1. The summed E-state index contributed by atoms with van der Waals surface area (Å²) in [4.78, 5) is 39.3. The van der Waals surface area contributed by atoms with Gasteiger partial charge in [-0.3, -0.25) is 14.4 Å². The van der Waals surface area contributed by atoms with Crippen molar-refractivity contribution in [1.82, 2.24) is 14.8 Å². The molecule has 4 aromatic rings. The number of ketones is 1. The molecule has 5 rings (SSSR count). The van der Waals surface area contributed by atoms with Gasteiger partial charge < -0.3 is 4.57 Å². The third-order valence-corrected chi connectivity index (χ3v) is 7.20. The second-order valence-electron chi connectivity index (χ2n) is 7.81. The minimum Gasteiger partial charge on any atom is -0.302 e. The van der Waals surface area contributed by atoms with Crippen molar-refractivity contribution in [1.29, 1.82) is 0 Å². The first kappa shape index (κ1) is 23.2. The molecule has 3 aromatic carbocycles. The molecule has 35 heavy (non-hydrogen) atoms. The molecule has 1 aromatic heterocycles. The lowest BCUT2D eigenvalue weighted by atomic mass is 10.1. The van der Waals surface area contributed by atoms with Crippen molar-refractivity contribution in [3.8, 4) is 11.4 Å². The summed E-state index contributed by atoms with van der Waals surface area (Å²) in [5, 5.41) is 9.28. The molecule has 0 N–H and O–H groups in total. The van der Waals surface area contributed by atoms with E-state index >= 15 is 0 Å². The molecule has 0 saturated heterocycles. The van der Waals surface area contributed by atoms with Crippen LogP contribution in [0.15, 0.2) is 82.4 Å². The Morgan fingerprint density at radius 3 is 2.11 bits per heavy atom. The summed E-state index contributed by atoms with van der Waals surface area (Å²) >= 11 is 4.72. The van der Waals surface area contributed by atoms with Crippen molar-refractivity contribution in [2.24, 2.45) is 0 Å². The standard InChI is InChI=1S/C26H19BrN4O3S/c1-2-30-23(28-29-26(30)35-15-22(32)16-7-11-18(27)12-8-16)17-9-13-19(14-10-17)31-24(33)20-5-3-4-6-21(20)25(31)34/h3-14H,2,15H2,1H3. The highest BCUT2D eigenvalue weighted by molar-refractivity contribution is 9.10. The predicted molar refractivity (Wildman–Crippen MR) is 138 cm³/mol. The predicted octanol–water partition coefficient (Wildman–Crippen LogP) is 5.50. The normalized spacial score (nSPS) is 12.8. The van der Waals surface area contributed by atoms with E-state index in [9.17, 15) is 14.4 Å². The number of Topliss-reactive ketones (excluding diaryl/α,β-unsaturated/α-hetero) is 1. The minimum atomic E-state index is -0.329. The topological polar surface area (TPSA) is 85.2 Å². The smallest absolute Gasteiger partial charge is 0.266 e. The van der Waals surface area contributed by atoms with Crippen LogP contribution >= 0.6 is 27.7 Å². The molecule has 0 saturated carbocycles. The lowest BCUT2D eigenvalue weighted by Crippen LogP contribution is -2.29. The van der Waals surface area contributed by atoms with E-state index in [0.717, 1.165) is 10.0 Å². The van der Waals surface area contributed by atoms with Crippen LogP contribution in [0, 0.1) is 0 Å². The number of nitrogens with zero attached hydrogens (tertiary/aromatic N) is 4. The Balaban J connectivity index is 1.34. The van der Waals surface area contributed by atoms with Crippen LogP contribution in [-0.2, 0) is 6.54 Å². The number of benzene rings is 3. The molecule has 0 bridgehead atoms. The first-order chi connectivity index (χ1) is 17.0. The van der Waals surface area contributed by atoms with Gasteiger partial charge in [0, 0.05) is 22.1 Å². The van der Waals surface area contributed by atoms with Gasteiger partial charge in [-0.25, -0.2) is 4.90 Å². The van der Waals surface area contributed by atoms with Gasteiger partial charge in [0.25, 0.3) is 11.8 Å². The van der Waals surface area contributed by atoms with E-state index in [1.807, 2.05) is 35.8 Å². The summed E-state index contributed by atoms with van der Waals surface area (Å²) in [5.41, 5.74) is 2.76. The van der Waals surface area contributed by atoms with Crippen LogP contribution in [0.1, 0.15) is 38.0 Å². The van der Waals surface area contributed by atoms with Crippen molar-refractivity contribution >= 4 is 51.0 Å². The molecule has 0 radical (unpaired) electrons. The van der Waals surface area contributed by atoms with E-state index in [0.29, 0.717) is 39.9 Å². The summed E-state index contributed by atoms with van der Waals surface area (Å²) in [7, 11) is 0. The van der Waals surface area contributed by atoms with Gasteiger partial charge in [-0.05, 0) is 55.5 Å². The van der Waals surface area contributed by atoms with E-state index in [-0.39, 0.29) is 23.4 Å². The quantitative estimate of drug-likeness (QED) is 0.173. The third-order valence-electron chi connectivity index (χ3n) is 5.71. The number of hydrogen-bond donors (Lipinski definition) is 0. The average Bonchev–Trinajstić information content (AvgIpc) is 3.41. The van der Waals surface area contributed by atoms with Crippen molar-refractivity contribution in [3.05, 3.63) is 94.0 Å². The summed E-state index contributed by atoms with van der Waals surface area (Å²) in [6.07, 6.45) is 0. The van der Waals surface area contributed by atoms with Gasteiger partial charge in [0.15, 0.2) is 16.8 Å². The molecule has 1 aliphatic heterocycles. The first-order valence-corrected chi connectivity index (χ1v) is 12.7. The summed E-state index contributed by atoms with van der Waals surface area (Å²) in [5.74, 6) is 0.256. The number of aromatic nitrogens is 3. The zero-order valence-electron chi connectivity index (χ0n) is 18.6. The second kappa shape index (κ2) is 9.59. The van der Waals surface area contributed by atoms with Gasteiger partial charge in [0.2, 0.25) is 0 Å². The molecule has 9 heteroatoms. The number of carbonyl (C=O) groups is 3. The van der Waals surface area contributed by atoms with Crippen molar-refractivity contribution in [2.75, 3.05) is 10.7 Å². The number of carbonyl (C=O) groups excluding carboxylic acids is 3. The van der Waals surface area contributed by atoms with E-state index in [2.05, 4.69) is 26.1 Å². The number of hydrogen-bond acceptors (Lipinski definition) is 6. The summed E-state index contributed by atoms with van der Waals surface area (Å²) in [6, 6.07) is 21.2. The molecular formula is C26H19BrN4O3S. The maximum absolute atomic E-state index is 12.8. The molecular weight excluding hydrogens is 528 g/mol. The van der Waals surface area contributed by atoms with Gasteiger partial charge >= 0.3 is 0 Å². The van der Waals surface area contributed by atoms with Crippen molar-refractivity contribution < 1.29 is 14.4 Å². The molecule has 0 atom stereocenters. The van der Waals surface area contributed by atoms with Crippen LogP contribution in [0.25, 0.3) is 11.4 Å². The van der Waals surface area contributed by atoms with Gasteiger partial charge in [0.05, 0.1) is 22.6 Å². The fourth-order valence-corrected chi connectivity index (χ4v) is 5.09. The minimum absolute atomic E-state index is 0.0139. The Kier molecular flexibility index (Phi) is 6.36. The average molecular weight is 547 g/mol. The number of halogens is 1. The van der Waals surface area contributed by atoms with Crippen LogP contribution in [0.5, 0.6) is 0 Å². The van der Waals surface area contributed by atoms with Gasteiger partial charge in [-0.1, -0.05) is 52.0 Å². The molecule has 1 aliphatic rings. The lowest BCUT2D eigenvalue weighted by molar-refractivity contribution is 0.0925. The number of imide groups is 1. The largest absolute Gasteiger partial charge is 0.302 e. The van der Waals surface area contributed by atoms with Gasteiger partial charge in [-0.2, -0.15) is 0 Å². The summed E-state index contributed by atoms with van der Waals surface area (Å²) in [6.45, 7) is 2.61. The van der Waals surface area contributed by atoms with Crippen molar-refractivity contribution in [3.63, 3.8) is 0 Å². The Morgan fingerprint density at radius 1 is 0.886 bits per heavy atom. The monoisotopic (exact) mass is 546 g/mol.